The van der Waals surface area contributed by atoms with Crippen LogP contribution in [0.15, 0.2) is 0 Å². The minimum absolute atomic E-state index is 0.0364. The Morgan fingerprint density at radius 1 is 1.46 bits per heavy atom. The summed E-state index contributed by atoms with van der Waals surface area (Å²) >= 11 is 1.29. The van der Waals surface area contributed by atoms with Crippen LogP contribution in [0.25, 0.3) is 0 Å². The number of carboxylic acid groups (broad SMARTS) is 1. The summed E-state index contributed by atoms with van der Waals surface area (Å²) in [6.07, 6.45) is 0.0364. The van der Waals surface area contributed by atoms with E-state index in [-0.39, 0.29) is 17.6 Å². The quantitative estimate of drug-likeness (QED) is 0.694. The molecule has 0 aromatic carbocycles. The Balaban J connectivity index is 4.10. The molecule has 0 bridgehead atoms. The SMILES string of the molecule is CNC(=O)CC(SC(C)C)C(=O)O. The van der Waals surface area contributed by atoms with Crippen molar-refractivity contribution in [3.8, 4) is 0 Å². The van der Waals surface area contributed by atoms with Crippen molar-refractivity contribution < 1.29 is 14.7 Å². The number of carbonyl (C=O) groups excluding carboxylic acids is 1. The molecular weight excluding hydrogens is 190 g/mol. The van der Waals surface area contributed by atoms with Crippen molar-refractivity contribution in [2.75, 3.05) is 7.05 Å². The Hall–Kier alpha value is -0.710. The molecule has 0 aromatic heterocycles. The zero-order chi connectivity index (χ0) is 10.4. The third kappa shape index (κ3) is 5.52. The Kier molecular flexibility index (Phi) is 5.53. The van der Waals surface area contributed by atoms with Gasteiger partial charge in [0, 0.05) is 13.5 Å². The number of thioether (sulfide) groups is 1. The van der Waals surface area contributed by atoms with Gasteiger partial charge in [-0.1, -0.05) is 13.8 Å². The van der Waals surface area contributed by atoms with Gasteiger partial charge in [-0.25, -0.2) is 0 Å². The summed E-state index contributed by atoms with van der Waals surface area (Å²) in [5, 5.41) is 10.7. The maximum atomic E-state index is 10.9. The molecule has 0 heterocycles. The van der Waals surface area contributed by atoms with Crippen molar-refractivity contribution in [1.82, 2.24) is 5.32 Å². The van der Waals surface area contributed by atoms with Gasteiger partial charge in [-0.3, -0.25) is 9.59 Å². The molecule has 0 aliphatic carbocycles. The van der Waals surface area contributed by atoms with E-state index in [0.717, 1.165) is 0 Å². The van der Waals surface area contributed by atoms with Crippen LogP contribution in [-0.2, 0) is 9.59 Å². The zero-order valence-corrected chi connectivity index (χ0v) is 8.85. The number of aliphatic carboxylic acids is 1. The van der Waals surface area contributed by atoms with Crippen molar-refractivity contribution in [1.29, 1.82) is 0 Å². The van der Waals surface area contributed by atoms with Gasteiger partial charge in [0.2, 0.25) is 5.91 Å². The molecule has 0 aliphatic rings. The number of amides is 1. The van der Waals surface area contributed by atoms with Gasteiger partial charge in [-0.2, -0.15) is 0 Å². The van der Waals surface area contributed by atoms with Crippen molar-refractivity contribution in [3.63, 3.8) is 0 Å². The first-order chi connectivity index (χ1) is 5.97. The smallest absolute Gasteiger partial charge is 0.317 e. The van der Waals surface area contributed by atoms with Crippen LogP contribution < -0.4 is 5.32 Å². The number of rotatable bonds is 5. The highest BCUT2D eigenvalue weighted by molar-refractivity contribution is 8.01. The zero-order valence-electron chi connectivity index (χ0n) is 8.03. The Labute approximate surface area is 82.1 Å². The molecule has 0 aliphatic heterocycles. The van der Waals surface area contributed by atoms with Crippen LogP contribution >= 0.6 is 11.8 Å². The number of hydrogen-bond acceptors (Lipinski definition) is 3. The van der Waals surface area contributed by atoms with Crippen LogP contribution in [0.5, 0.6) is 0 Å². The molecule has 0 rings (SSSR count). The number of nitrogens with one attached hydrogen (secondary N) is 1. The van der Waals surface area contributed by atoms with Gasteiger partial charge < -0.3 is 10.4 Å². The summed E-state index contributed by atoms with van der Waals surface area (Å²) in [5.74, 6) is -1.16. The molecule has 0 saturated heterocycles. The summed E-state index contributed by atoms with van der Waals surface area (Å²) in [6.45, 7) is 3.81. The predicted molar refractivity (Wildman–Crippen MR) is 52.8 cm³/mol. The second kappa shape index (κ2) is 5.85. The molecule has 1 unspecified atom stereocenters. The molecule has 2 N–H and O–H groups in total. The van der Waals surface area contributed by atoms with Crippen LogP contribution in [0.3, 0.4) is 0 Å². The van der Waals surface area contributed by atoms with Crippen molar-refractivity contribution in [2.45, 2.75) is 30.8 Å². The van der Waals surface area contributed by atoms with Gasteiger partial charge in [0.05, 0.1) is 0 Å². The van der Waals surface area contributed by atoms with Gasteiger partial charge in [0.1, 0.15) is 5.25 Å². The fraction of sp³-hybridized carbons (Fsp3) is 0.750. The molecule has 0 radical (unpaired) electrons. The van der Waals surface area contributed by atoms with E-state index in [9.17, 15) is 9.59 Å². The minimum Gasteiger partial charge on any atom is -0.480 e. The van der Waals surface area contributed by atoms with Crippen LogP contribution in [0, 0.1) is 0 Å². The van der Waals surface area contributed by atoms with Crippen LogP contribution in [-0.4, -0.2) is 34.5 Å². The summed E-state index contributed by atoms with van der Waals surface area (Å²) < 4.78 is 0. The van der Waals surface area contributed by atoms with Crippen LogP contribution in [0.4, 0.5) is 0 Å². The second-order valence-electron chi connectivity index (χ2n) is 2.89. The molecule has 4 nitrogen and oxygen atoms in total. The van der Waals surface area contributed by atoms with E-state index in [1.807, 2.05) is 13.8 Å². The summed E-state index contributed by atoms with van der Waals surface area (Å²) in [7, 11) is 1.50. The maximum absolute atomic E-state index is 10.9. The molecule has 0 fully saturated rings. The Bertz CT molecular complexity index is 194. The van der Waals surface area contributed by atoms with E-state index >= 15 is 0 Å². The fourth-order valence-electron chi connectivity index (χ4n) is 0.793. The lowest BCUT2D eigenvalue weighted by molar-refractivity contribution is -0.138. The maximum Gasteiger partial charge on any atom is 0.317 e. The monoisotopic (exact) mass is 205 g/mol. The molecule has 0 aromatic rings. The Morgan fingerprint density at radius 2 is 2.00 bits per heavy atom. The third-order valence-electron chi connectivity index (χ3n) is 1.36. The van der Waals surface area contributed by atoms with Crippen molar-refractivity contribution in [2.24, 2.45) is 0 Å². The van der Waals surface area contributed by atoms with E-state index in [1.165, 1.54) is 18.8 Å². The van der Waals surface area contributed by atoms with Gasteiger partial charge >= 0.3 is 5.97 Å². The molecule has 13 heavy (non-hydrogen) atoms. The van der Waals surface area contributed by atoms with Gasteiger partial charge in [-0.15, -0.1) is 11.8 Å². The van der Waals surface area contributed by atoms with E-state index in [1.54, 1.807) is 0 Å². The van der Waals surface area contributed by atoms with Crippen molar-refractivity contribution in [3.05, 3.63) is 0 Å². The second-order valence-corrected chi connectivity index (χ2v) is 4.67. The van der Waals surface area contributed by atoms with E-state index in [4.69, 9.17) is 5.11 Å². The molecule has 1 amide bonds. The van der Waals surface area contributed by atoms with E-state index in [2.05, 4.69) is 5.32 Å². The molecular formula is C8H15NO3S. The average molecular weight is 205 g/mol. The highest BCUT2D eigenvalue weighted by Crippen LogP contribution is 2.20. The van der Waals surface area contributed by atoms with Gasteiger partial charge in [0.25, 0.3) is 0 Å². The van der Waals surface area contributed by atoms with E-state index in [0.29, 0.717) is 0 Å². The largest absolute Gasteiger partial charge is 0.480 e. The summed E-state index contributed by atoms with van der Waals surface area (Å²) in [4.78, 5) is 21.6. The minimum atomic E-state index is -0.928. The Morgan fingerprint density at radius 3 is 2.31 bits per heavy atom. The number of hydrogen-bond donors (Lipinski definition) is 2. The first kappa shape index (κ1) is 12.3. The first-order valence-corrected chi connectivity index (χ1v) is 5.00. The first-order valence-electron chi connectivity index (χ1n) is 4.06. The highest BCUT2D eigenvalue weighted by Gasteiger charge is 2.22. The summed E-state index contributed by atoms with van der Waals surface area (Å²) in [5.41, 5.74) is 0. The summed E-state index contributed by atoms with van der Waals surface area (Å²) in [6, 6.07) is 0. The molecule has 0 spiro atoms. The molecule has 1 atom stereocenters. The third-order valence-corrected chi connectivity index (χ3v) is 2.60. The highest BCUT2D eigenvalue weighted by atomic mass is 32.2. The molecule has 76 valence electrons. The van der Waals surface area contributed by atoms with Crippen LogP contribution in [0.2, 0.25) is 0 Å². The average Bonchev–Trinajstić information content (AvgIpc) is 2.02. The lowest BCUT2D eigenvalue weighted by atomic mass is 10.3. The fourth-order valence-corrected chi connectivity index (χ4v) is 1.81. The van der Waals surface area contributed by atoms with Gasteiger partial charge in [0.15, 0.2) is 0 Å². The number of carbonyl (C=O) groups is 2. The van der Waals surface area contributed by atoms with E-state index < -0.39 is 11.2 Å². The lowest BCUT2D eigenvalue weighted by Crippen LogP contribution is -2.28. The lowest BCUT2D eigenvalue weighted by Gasteiger charge is -2.13. The topological polar surface area (TPSA) is 66.4 Å². The molecule has 0 saturated carbocycles. The van der Waals surface area contributed by atoms with Gasteiger partial charge in [-0.05, 0) is 5.25 Å². The van der Waals surface area contributed by atoms with Crippen molar-refractivity contribution >= 4 is 23.6 Å². The molecule has 5 heteroatoms. The standard InChI is InChI=1S/C8H15NO3S/c1-5(2)13-6(8(11)12)4-7(10)9-3/h5-6H,4H2,1-3H3,(H,9,10)(H,11,12). The predicted octanol–water partition coefficient (Wildman–Crippen LogP) is 0.717. The number of carboxylic acids is 1. The van der Waals surface area contributed by atoms with Crippen LogP contribution in [0.1, 0.15) is 20.3 Å². The normalized spacial score (nSPS) is 12.6.